The van der Waals surface area contributed by atoms with Gasteiger partial charge in [-0.25, -0.2) is 9.78 Å². The summed E-state index contributed by atoms with van der Waals surface area (Å²) in [7, 11) is 0. The summed E-state index contributed by atoms with van der Waals surface area (Å²) in [5.74, 6) is -1.23. The zero-order chi connectivity index (χ0) is 14.8. The number of hydrogen-bond donors (Lipinski definition) is 2. The molecule has 1 radical (unpaired) electrons. The molecule has 0 bridgehead atoms. The van der Waals surface area contributed by atoms with Crippen molar-refractivity contribution < 1.29 is 23.1 Å². The average Bonchev–Trinajstić information content (AvgIpc) is 2.38. The van der Waals surface area contributed by atoms with Crippen LogP contribution in [-0.4, -0.2) is 45.6 Å². The predicted octanol–water partition coefficient (Wildman–Crippen LogP) is 3.16. The molecule has 0 unspecified atom stereocenters. The molecule has 0 amide bonds. The molecular formula is C13H9F3N2NaO2. The van der Waals surface area contributed by atoms with E-state index >= 15 is 0 Å². The van der Waals surface area contributed by atoms with E-state index in [2.05, 4.69) is 10.3 Å². The van der Waals surface area contributed by atoms with Gasteiger partial charge in [-0.2, -0.15) is 13.2 Å². The molecule has 1 heterocycles. The number of carbonyl (C=O) groups is 1. The number of nitrogens with zero attached hydrogens (tertiary/aromatic N) is 1. The van der Waals surface area contributed by atoms with E-state index in [4.69, 9.17) is 5.11 Å². The summed E-state index contributed by atoms with van der Waals surface area (Å²) in [4.78, 5) is 14.8. The Labute approximate surface area is 140 Å². The summed E-state index contributed by atoms with van der Waals surface area (Å²) in [6.07, 6.45) is -3.11. The van der Waals surface area contributed by atoms with E-state index in [1.807, 2.05) is 0 Å². The summed E-state index contributed by atoms with van der Waals surface area (Å²) in [6.45, 7) is 0. The minimum Gasteiger partial charge on any atom is -0.478 e. The molecule has 21 heavy (non-hydrogen) atoms. The molecule has 2 rings (SSSR count). The second kappa shape index (κ2) is 6.93. The fourth-order valence-electron chi connectivity index (χ4n) is 1.59. The molecule has 1 aromatic heterocycles. The van der Waals surface area contributed by atoms with Crippen molar-refractivity contribution in [3.63, 3.8) is 0 Å². The van der Waals surface area contributed by atoms with Gasteiger partial charge in [0.05, 0.1) is 5.56 Å². The number of carboxylic acid groups (broad SMARTS) is 1. The molecule has 0 saturated carbocycles. The Balaban J connectivity index is 0.00000220. The van der Waals surface area contributed by atoms with E-state index in [9.17, 15) is 18.0 Å². The number of nitrogens with one attached hydrogen (secondary N) is 1. The van der Waals surface area contributed by atoms with Crippen LogP contribution in [0.2, 0.25) is 0 Å². The Morgan fingerprint density at radius 3 is 2.52 bits per heavy atom. The number of aromatic carboxylic acids is 1. The molecule has 2 aromatic rings. The number of carboxylic acids is 1. The van der Waals surface area contributed by atoms with Gasteiger partial charge in [0.25, 0.3) is 0 Å². The van der Waals surface area contributed by atoms with Crippen molar-refractivity contribution >= 4 is 47.0 Å². The van der Waals surface area contributed by atoms with Gasteiger partial charge >= 0.3 is 12.1 Å². The third-order valence-corrected chi connectivity index (χ3v) is 2.49. The van der Waals surface area contributed by atoms with E-state index in [1.54, 1.807) is 0 Å². The van der Waals surface area contributed by atoms with Crippen molar-refractivity contribution in [2.45, 2.75) is 6.18 Å². The maximum absolute atomic E-state index is 12.6. The zero-order valence-electron chi connectivity index (χ0n) is 11.0. The first-order valence-electron chi connectivity index (χ1n) is 5.50. The van der Waals surface area contributed by atoms with Crippen LogP contribution in [0, 0.1) is 0 Å². The standard InChI is InChI=1S/C13H9F3N2O2.Na/c14-13(15,16)8-3-1-4-9(7-8)18-11-10(12(19)20)5-2-6-17-11;/h1-7H,(H,17,18)(H,19,20);. The first-order valence-corrected chi connectivity index (χ1v) is 5.50. The van der Waals surface area contributed by atoms with Crippen LogP contribution in [-0.2, 0) is 6.18 Å². The first kappa shape index (κ1) is 17.5. The number of halogens is 3. The van der Waals surface area contributed by atoms with Gasteiger partial charge in [-0.05, 0) is 30.3 Å². The van der Waals surface area contributed by atoms with Crippen LogP contribution in [0.1, 0.15) is 15.9 Å². The van der Waals surface area contributed by atoms with Gasteiger partial charge in [0.15, 0.2) is 0 Å². The topological polar surface area (TPSA) is 62.2 Å². The second-order valence-electron chi connectivity index (χ2n) is 3.91. The second-order valence-corrected chi connectivity index (χ2v) is 3.91. The SMILES string of the molecule is O=C(O)c1cccnc1Nc1cccc(C(F)(F)F)c1.[Na]. The molecule has 2 N–H and O–H groups in total. The zero-order valence-corrected chi connectivity index (χ0v) is 13.0. The van der Waals surface area contributed by atoms with Gasteiger partial charge in [-0.3, -0.25) is 0 Å². The molecular weight excluding hydrogens is 296 g/mol. The maximum Gasteiger partial charge on any atom is 0.416 e. The third kappa shape index (κ3) is 4.45. The molecule has 4 nitrogen and oxygen atoms in total. The molecule has 105 valence electrons. The van der Waals surface area contributed by atoms with Crippen molar-refractivity contribution in [1.82, 2.24) is 4.98 Å². The Kier molecular flexibility index (Phi) is 5.77. The minimum atomic E-state index is -4.46. The average molecular weight is 305 g/mol. The van der Waals surface area contributed by atoms with Crippen molar-refractivity contribution in [3.8, 4) is 0 Å². The minimum absolute atomic E-state index is 0. The van der Waals surface area contributed by atoms with Crippen molar-refractivity contribution in [1.29, 1.82) is 0 Å². The molecule has 0 spiro atoms. The number of aromatic nitrogens is 1. The Morgan fingerprint density at radius 1 is 1.19 bits per heavy atom. The Bertz CT molecular complexity index is 647. The van der Waals surface area contributed by atoms with Gasteiger partial charge in [0.2, 0.25) is 0 Å². The monoisotopic (exact) mass is 305 g/mol. The van der Waals surface area contributed by atoms with Crippen LogP contribution in [0.4, 0.5) is 24.7 Å². The quantitative estimate of drug-likeness (QED) is 0.855. The summed E-state index contributed by atoms with van der Waals surface area (Å²) < 4.78 is 37.7. The van der Waals surface area contributed by atoms with Gasteiger partial charge in [-0.1, -0.05) is 6.07 Å². The van der Waals surface area contributed by atoms with E-state index in [0.29, 0.717) is 0 Å². The molecule has 8 heteroatoms. The number of benzene rings is 1. The molecule has 0 aliphatic carbocycles. The largest absolute Gasteiger partial charge is 0.478 e. The molecule has 0 fully saturated rings. The van der Waals surface area contributed by atoms with Gasteiger partial charge < -0.3 is 10.4 Å². The van der Waals surface area contributed by atoms with Gasteiger partial charge in [0.1, 0.15) is 11.4 Å². The molecule has 0 aliphatic heterocycles. The normalized spacial score (nSPS) is 10.6. The molecule has 0 aliphatic rings. The van der Waals surface area contributed by atoms with Crippen LogP contribution in [0.3, 0.4) is 0 Å². The van der Waals surface area contributed by atoms with Crippen LogP contribution >= 0.6 is 0 Å². The Morgan fingerprint density at radius 2 is 1.90 bits per heavy atom. The number of anilines is 2. The Hall–Kier alpha value is -1.57. The fourth-order valence-corrected chi connectivity index (χ4v) is 1.59. The predicted molar refractivity (Wildman–Crippen MR) is 71.7 cm³/mol. The van der Waals surface area contributed by atoms with E-state index in [-0.39, 0.29) is 46.6 Å². The van der Waals surface area contributed by atoms with Crippen LogP contribution < -0.4 is 5.32 Å². The molecule has 0 atom stereocenters. The number of alkyl halides is 3. The van der Waals surface area contributed by atoms with Gasteiger partial charge in [0, 0.05) is 41.4 Å². The summed E-state index contributed by atoms with van der Waals surface area (Å²) in [5.41, 5.74) is -0.832. The van der Waals surface area contributed by atoms with E-state index in [0.717, 1.165) is 12.1 Å². The van der Waals surface area contributed by atoms with Crippen LogP contribution in [0.5, 0.6) is 0 Å². The maximum atomic E-state index is 12.6. The number of hydrogen-bond acceptors (Lipinski definition) is 3. The van der Waals surface area contributed by atoms with Crippen LogP contribution in [0.15, 0.2) is 42.6 Å². The smallest absolute Gasteiger partial charge is 0.416 e. The van der Waals surface area contributed by atoms with E-state index in [1.165, 1.54) is 30.5 Å². The van der Waals surface area contributed by atoms with Crippen molar-refractivity contribution in [2.75, 3.05) is 5.32 Å². The molecule has 0 saturated heterocycles. The summed E-state index contributed by atoms with van der Waals surface area (Å²) in [5, 5.41) is 11.5. The number of rotatable bonds is 3. The third-order valence-electron chi connectivity index (χ3n) is 2.49. The molecule has 1 aromatic carbocycles. The summed E-state index contributed by atoms with van der Waals surface area (Å²) in [6, 6.07) is 7.19. The number of pyridine rings is 1. The fraction of sp³-hybridized carbons (Fsp3) is 0.0769. The van der Waals surface area contributed by atoms with E-state index < -0.39 is 17.7 Å². The first-order chi connectivity index (χ1) is 9.38. The van der Waals surface area contributed by atoms with Crippen molar-refractivity contribution in [2.24, 2.45) is 0 Å². The van der Waals surface area contributed by atoms with Crippen LogP contribution in [0.25, 0.3) is 0 Å². The van der Waals surface area contributed by atoms with Crippen molar-refractivity contribution in [3.05, 3.63) is 53.7 Å². The summed E-state index contributed by atoms with van der Waals surface area (Å²) >= 11 is 0. The van der Waals surface area contributed by atoms with Gasteiger partial charge in [-0.15, -0.1) is 0 Å².